The van der Waals surface area contributed by atoms with E-state index in [0.717, 1.165) is 32.7 Å². The van der Waals surface area contributed by atoms with Gasteiger partial charge in [0.15, 0.2) is 0 Å². The highest BCUT2D eigenvalue weighted by Gasteiger charge is 2.19. The lowest BCUT2D eigenvalue weighted by atomic mass is 10.2. The van der Waals surface area contributed by atoms with E-state index in [2.05, 4.69) is 32.5 Å². The minimum atomic E-state index is -0.560. The van der Waals surface area contributed by atoms with Gasteiger partial charge in [-0.15, -0.1) is 0 Å². The lowest BCUT2D eigenvalue weighted by Gasteiger charge is -2.34. The maximum absolute atomic E-state index is 12.1. The molecule has 1 aliphatic rings. The molecular weight excluding hydrogens is 394 g/mol. The van der Waals surface area contributed by atoms with Crippen LogP contribution in [0.5, 0.6) is 0 Å². The van der Waals surface area contributed by atoms with Gasteiger partial charge in [-0.2, -0.15) is 5.10 Å². The van der Waals surface area contributed by atoms with Crippen LogP contribution in [0.15, 0.2) is 53.6 Å². The average Bonchev–Trinajstić information content (AvgIpc) is 2.71. The van der Waals surface area contributed by atoms with Crippen LogP contribution in [-0.4, -0.2) is 59.6 Å². The van der Waals surface area contributed by atoms with Crippen LogP contribution in [-0.2, 0) is 11.3 Å². The van der Waals surface area contributed by atoms with Gasteiger partial charge in [0.25, 0.3) is 11.6 Å². The number of carbonyl (C=O) groups is 1. The summed E-state index contributed by atoms with van der Waals surface area (Å²) in [5.74, 6) is -0.221. The quantitative estimate of drug-likeness (QED) is 0.426. The molecule has 1 saturated heterocycles. The van der Waals surface area contributed by atoms with Gasteiger partial charge in [-0.3, -0.25) is 24.7 Å². The monoisotopic (exact) mass is 415 g/mol. The fourth-order valence-electron chi connectivity index (χ4n) is 3.11. The van der Waals surface area contributed by atoms with Crippen molar-refractivity contribution in [2.45, 2.75) is 6.54 Å². The van der Waals surface area contributed by atoms with Crippen molar-refractivity contribution in [2.75, 3.05) is 32.7 Å². The molecule has 0 spiro atoms. The SMILES string of the molecule is O=C(CN1CCN(Cc2ccccc2)CC1)N/N=C/c1ccc(Cl)c([N+](=O)[O-])c1. The van der Waals surface area contributed by atoms with E-state index in [0.29, 0.717) is 5.56 Å². The summed E-state index contributed by atoms with van der Waals surface area (Å²) >= 11 is 5.77. The second-order valence-corrected chi connectivity index (χ2v) is 7.21. The first kappa shape index (κ1) is 20.9. The summed E-state index contributed by atoms with van der Waals surface area (Å²) in [4.78, 5) is 26.9. The number of nitro groups is 1. The van der Waals surface area contributed by atoms with Crippen LogP contribution in [0.1, 0.15) is 11.1 Å². The van der Waals surface area contributed by atoms with Crippen molar-refractivity contribution in [1.29, 1.82) is 0 Å². The second-order valence-electron chi connectivity index (χ2n) is 6.80. The van der Waals surface area contributed by atoms with E-state index in [-0.39, 0.29) is 23.2 Å². The van der Waals surface area contributed by atoms with Gasteiger partial charge < -0.3 is 0 Å². The van der Waals surface area contributed by atoms with Crippen molar-refractivity contribution in [3.05, 3.63) is 74.8 Å². The van der Waals surface area contributed by atoms with Crippen LogP contribution in [0, 0.1) is 10.1 Å². The highest BCUT2D eigenvalue weighted by Crippen LogP contribution is 2.24. The number of benzene rings is 2. The number of rotatable bonds is 7. The van der Waals surface area contributed by atoms with Gasteiger partial charge in [0, 0.05) is 44.4 Å². The predicted molar refractivity (Wildman–Crippen MR) is 112 cm³/mol. The molecule has 3 rings (SSSR count). The van der Waals surface area contributed by atoms with Gasteiger partial charge in [-0.1, -0.05) is 48.0 Å². The van der Waals surface area contributed by atoms with Gasteiger partial charge >= 0.3 is 0 Å². The molecule has 1 aliphatic heterocycles. The molecule has 1 amide bonds. The molecule has 0 aliphatic carbocycles. The second kappa shape index (κ2) is 10.1. The molecular formula is C20H22ClN5O3. The van der Waals surface area contributed by atoms with Crippen LogP contribution >= 0.6 is 11.6 Å². The van der Waals surface area contributed by atoms with E-state index < -0.39 is 4.92 Å². The summed E-state index contributed by atoms with van der Waals surface area (Å²) in [5.41, 5.74) is 4.04. The van der Waals surface area contributed by atoms with Crippen LogP contribution in [0.4, 0.5) is 5.69 Å². The number of carbonyl (C=O) groups excluding carboxylic acids is 1. The van der Waals surface area contributed by atoms with Crippen molar-refractivity contribution in [1.82, 2.24) is 15.2 Å². The number of amides is 1. The third-order valence-electron chi connectivity index (χ3n) is 4.65. The summed E-state index contributed by atoms with van der Waals surface area (Å²) in [7, 11) is 0. The number of nitrogens with one attached hydrogen (secondary N) is 1. The molecule has 0 radical (unpaired) electrons. The summed E-state index contributed by atoms with van der Waals surface area (Å²) < 4.78 is 0. The fraction of sp³-hybridized carbons (Fsp3) is 0.300. The number of nitro benzene ring substituents is 1. The Morgan fingerprint density at radius 2 is 1.83 bits per heavy atom. The Balaban J connectivity index is 1.42. The standard InChI is InChI=1S/C20H22ClN5O3/c21-18-7-6-17(12-19(18)26(28)29)13-22-23-20(27)15-25-10-8-24(9-11-25)14-16-4-2-1-3-5-16/h1-7,12-13H,8-11,14-15H2,(H,23,27)/b22-13+. The molecule has 0 unspecified atom stereocenters. The maximum Gasteiger partial charge on any atom is 0.288 e. The molecule has 0 atom stereocenters. The molecule has 0 saturated carbocycles. The van der Waals surface area contributed by atoms with Crippen LogP contribution in [0.25, 0.3) is 0 Å². The summed E-state index contributed by atoms with van der Waals surface area (Å²) in [6.45, 7) is 4.61. The molecule has 8 nitrogen and oxygen atoms in total. The number of piperazine rings is 1. The van der Waals surface area contributed by atoms with E-state index >= 15 is 0 Å². The van der Waals surface area contributed by atoms with E-state index in [1.807, 2.05) is 18.2 Å². The Hall–Kier alpha value is -2.81. The van der Waals surface area contributed by atoms with E-state index in [9.17, 15) is 14.9 Å². The topological polar surface area (TPSA) is 91.1 Å². The van der Waals surface area contributed by atoms with Crippen molar-refractivity contribution in [2.24, 2.45) is 5.10 Å². The number of nitrogens with zero attached hydrogens (tertiary/aromatic N) is 4. The predicted octanol–water partition coefficient (Wildman–Crippen LogP) is 2.52. The minimum absolute atomic E-state index is 0.0580. The highest BCUT2D eigenvalue weighted by atomic mass is 35.5. The molecule has 0 aromatic heterocycles. The van der Waals surface area contributed by atoms with Gasteiger partial charge in [0.05, 0.1) is 17.7 Å². The molecule has 152 valence electrons. The molecule has 9 heteroatoms. The smallest absolute Gasteiger partial charge is 0.288 e. The Labute approximate surface area is 173 Å². The summed E-state index contributed by atoms with van der Waals surface area (Å²) in [5, 5.41) is 14.8. The Morgan fingerprint density at radius 1 is 1.14 bits per heavy atom. The molecule has 2 aromatic carbocycles. The number of hydrazone groups is 1. The normalized spacial score (nSPS) is 15.5. The van der Waals surface area contributed by atoms with Crippen molar-refractivity contribution < 1.29 is 9.72 Å². The summed E-state index contributed by atoms with van der Waals surface area (Å²) in [6, 6.07) is 14.7. The van der Waals surface area contributed by atoms with Crippen molar-refractivity contribution in [3.8, 4) is 0 Å². The van der Waals surface area contributed by atoms with Crippen molar-refractivity contribution >= 4 is 29.4 Å². The third kappa shape index (κ3) is 6.35. The minimum Gasteiger partial charge on any atom is -0.297 e. The van der Waals surface area contributed by atoms with Gasteiger partial charge in [-0.25, -0.2) is 5.43 Å². The lowest BCUT2D eigenvalue weighted by Crippen LogP contribution is -2.48. The lowest BCUT2D eigenvalue weighted by molar-refractivity contribution is -0.384. The third-order valence-corrected chi connectivity index (χ3v) is 4.97. The zero-order valence-corrected chi connectivity index (χ0v) is 16.6. The van der Waals surface area contributed by atoms with Crippen LogP contribution < -0.4 is 5.43 Å². The molecule has 0 bridgehead atoms. The van der Waals surface area contributed by atoms with E-state index in [1.165, 1.54) is 23.9 Å². The Kier molecular flexibility index (Phi) is 7.29. The zero-order chi connectivity index (χ0) is 20.6. The van der Waals surface area contributed by atoms with Gasteiger partial charge in [0.1, 0.15) is 5.02 Å². The van der Waals surface area contributed by atoms with E-state index in [1.54, 1.807) is 6.07 Å². The zero-order valence-electron chi connectivity index (χ0n) is 15.8. The average molecular weight is 416 g/mol. The first-order valence-electron chi connectivity index (χ1n) is 9.26. The van der Waals surface area contributed by atoms with Crippen LogP contribution in [0.3, 0.4) is 0 Å². The molecule has 1 N–H and O–H groups in total. The first-order valence-corrected chi connectivity index (χ1v) is 9.63. The van der Waals surface area contributed by atoms with Gasteiger partial charge in [-0.05, 0) is 11.6 Å². The fourth-order valence-corrected chi connectivity index (χ4v) is 3.30. The molecule has 1 fully saturated rings. The first-order chi connectivity index (χ1) is 14.0. The number of hydrogen-bond acceptors (Lipinski definition) is 6. The summed E-state index contributed by atoms with van der Waals surface area (Å²) in [6.07, 6.45) is 1.36. The van der Waals surface area contributed by atoms with Crippen LogP contribution in [0.2, 0.25) is 5.02 Å². The number of hydrogen-bond donors (Lipinski definition) is 1. The van der Waals surface area contributed by atoms with Crippen molar-refractivity contribution in [3.63, 3.8) is 0 Å². The molecule has 29 heavy (non-hydrogen) atoms. The Morgan fingerprint density at radius 3 is 2.52 bits per heavy atom. The largest absolute Gasteiger partial charge is 0.297 e. The van der Waals surface area contributed by atoms with Gasteiger partial charge in [0.2, 0.25) is 0 Å². The van der Waals surface area contributed by atoms with E-state index in [4.69, 9.17) is 11.6 Å². The maximum atomic E-state index is 12.1. The number of halogens is 1. The Bertz CT molecular complexity index is 883. The molecule has 2 aromatic rings. The molecule has 1 heterocycles. The highest BCUT2D eigenvalue weighted by molar-refractivity contribution is 6.32.